The third-order valence-electron chi connectivity index (χ3n) is 2.42. The van der Waals surface area contributed by atoms with E-state index in [9.17, 15) is 4.21 Å². The summed E-state index contributed by atoms with van der Waals surface area (Å²) < 4.78 is 13.0. The fourth-order valence-corrected chi connectivity index (χ4v) is 2.69. The lowest BCUT2D eigenvalue weighted by atomic mass is 10.2. The Hall–Kier alpha value is -0.0600. The van der Waals surface area contributed by atoms with Crippen LogP contribution in [0.25, 0.3) is 6.08 Å². The molecular formula is C14H18Cl3NOS. The predicted molar refractivity (Wildman–Crippen MR) is 90.6 cm³/mol. The molecule has 0 amide bonds. The van der Waals surface area contributed by atoms with E-state index < -0.39 is 25.6 Å². The van der Waals surface area contributed by atoms with E-state index in [2.05, 4.69) is 4.72 Å². The van der Waals surface area contributed by atoms with Crippen LogP contribution in [-0.2, 0) is 11.0 Å². The van der Waals surface area contributed by atoms with Crippen LogP contribution in [0.1, 0.15) is 26.3 Å². The van der Waals surface area contributed by atoms with E-state index in [-0.39, 0.29) is 0 Å². The Morgan fingerprint density at radius 1 is 1.15 bits per heavy atom. The first kappa shape index (κ1) is 18.0. The Bertz CT molecular complexity index is 477. The quantitative estimate of drug-likeness (QED) is 0.793. The Balaban J connectivity index is 2.87. The maximum atomic E-state index is 12.1. The van der Waals surface area contributed by atoms with Gasteiger partial charge in [-0.15, -0.1) is 0 Å². The summed E-state index contributed by atoms with van der Waals surface area (Å²) in [7, 11) is -1.33. The summed E-state index contributed by atoms with van der Waals surface area (Å²) in [6, 6.07) is 9.00. The van der Waals surface area contributed by atoms with Crippen molar-refractivity contribution in [2.45, 2.75) is 35.4 Å². The third-order valence-corrected chi connectivity index (χ3v) is 4.71. The maximum absolute atomic E-state index is 12.1. The van der Waals surface area contributed by atoms with Crippen LogP contribution in [0.15, 0.2) is 36.4 Å². The molecule has 0 fully saturated rings. The molecule has 0 unspecified atom stereocenters. The Morgan fingerprint density at radius 3 is 2.15 bits per heavy atom. The van der Waals surface area contributed by atoms with E-state index in [1.54, 1.807) is 6.08 Å². The van der Waals surface area contributed by atoms with Gasteiger partial charge in [-0.3, -0.25) is 0 Å². The summed E-state index contributed by atoms with van der Waals surface area (Å²) in [4.78, 5) is 0. The summed E-state index contributed by atoms with van der Waals surface area (Å²) in [6.45, 7) is 5.56. The van der Waals surface area contributed by atoms with Crippen LogP contribution in [-0.4, -0.2) is 18.8 Å². The number of hydrogen-bond donors (Lipinski definition) is 1. The third kappa shape index (κ3) is 6.15. The SMILES string of the molecule is CC(C)(C)[S@@](=O)N[C@@H](/C=C/c1ccccc1)C(Cl)(Cl)Cl. The fraction of sp³-hybridized carbons (Fsp3) is 0.429. The van der Waals surface area contributed by atoms with Crippen molar-refractivity contribution in [1.29, 1.82) is 0 Å². The second-order valence-electron chi connectivity index (χ2n) is 5.29. The molecule has 0 saturated carbocycles. The van der Waals surface area contributed by atoms with E-state index in [1.165, 1.54) is 0 Å². The average molecular weight is 355 g/mol. The number of alkyl halides is 3. The van der Waals surface area contributed by atoms with Gasteiger partial charge in [0.05, 0.1) is 21.8 Å². The van der Waals surface area contributed by atoms with Crippen LogP contribution >= 0.6 is 34.8 Å². The molecule has 0 aromatic heterocycles. The number of halogens is 3. The van der Waals surface area contributed by atoms with Crippen LogP contribution < -0.4 is 4.72 Å². The Labute approximate surface area is 138 Å². The summed E-state index contributed by atoms with van der Waals surface area (Å²) >= 11 is 17.8. The molecule has 0 saturated heterocycles. The largest absolute Gasteiger partial charge is 0.242 e. The predicted octanol–water partition coefficient (Wildman–Crippen LogP) is 4.49. The molecule has 112 valence electrons. The van der Waals surface area contributed by atoms with Gasteiger partial charge in [-0.05, 0) is 26.3 Å². The monoisotopic (exact) mass is 353 g/mol. The van der Waals surface area contributed by atoms with E-state index in [0.717, 1.165) is 5.56 Å². The summed E-state index contributed by atoms with van der Waals surface area (Å²) in [5, 5.41) is 0. The van der Waals surface area contributed by atoms with Gasteiger partial charge in [0.15, 0.2) is 0 Å². The first-order chi connectivity index (χ1) is 9.10. The van der Waals surface area contributed by atoms with E-state index >= 15 is 0 Å². The number of benzene rings is 1. The minimum atomic E-state index is -1.58. The zero-order valence-corrected chi connectivity index (χ0v) is 14.7. The molecule has 6 heteroatoms. The molecule has 1 N–H and O–H groups in total. The number of hydrogen-bond acceptors (Lipinski definition) is 1. The summed E-state index contributed by atoms with van der Waals surface area (Å²) in [6.07, 6.45) is 3.55. The highest BCUT2D eigenvalue weighted by atomic mass is 35.6. The Morgan fingerprint density at radius 2 is 1.70 bits per heavy atom. The molecule has 0 aliphatic heterocycles. The van der Waals surface area contributed by atoms with Crippen LogP contribution in [0.4, 0.5) is 0 Å². The highest BCUT2D eigenvalue weighted by Crippen LogP contribution is 2.32. The summed E-state index contributed by atoms with van der Waals surface area (Å²) in [5.74, 6) is 0. The Kier molecular flexibility index (Phi) is 6.55. The van der Waals surface area contributed by atoms with Gasteiger partial charge in [0, 0.05) is 0 Å². The van der Waals surface area contributed by atoms with Crippen LogP contribution in [0.3, 0.4) is 0 Å². The second-order valence-corrected chi connectivity index (χ2v) is 9.65. The first-order valence-electron chi connectivity index (χ1n) is 6.09. The molecule has 0 bridgehead atoms. The van der Waals surface area contributed by atoms with E-state index in [0.29, 0.717) is 0 Å². The van der Waals surface area contributed by atoms with Gasteiger partial charge in [-0.1, -0.05) is 77.3 Å². The standard InChI is InChI=1S/C14H18Cl3NOS/c1-13(2,3)20(19)18-12(14(15,16)17)10-9-11-7-5-4-6-8-11/h4-10,12,18H,1-3H3/b10-9+/t12-,20+/m0/s1. The van der Waals surface area contributed by atoms with Crippen molar-refractivity contribution in [2.24, 2.45) is 0 Å². The normalized spacial score (nSPS) is 16.3. The van der Waals surface area contributed by atoms with Gasteiger partial charge in [0.1, 0.15) is 0 Å². The lowest BCUT2D eigenvalue weighted by Crippen LogP contribution is -2.45. The molecule has 0 radical (unpaired) electrons. The van der Waals surface area contributed by atoms with Crippen molar-refractivity contribution < 1.29 is 4.21 Å². The molecule has 20 heavy (non-hydrogen) atoms. The minimum Gasteiger partial charge on any atom is -0.242 e. The lowest BCUT2D eigenvalue weighted by molar-refractivity contribution is 0.623. The molecule has 0 aliphatic rings. The maximum Gasteiger partial charge on any atom is 0.210 e. The first-order valence-corrected chi connectivity index (χ1v) is 8.37. The molecule has 2 nitrogen and oxygen atoms in total. The van der Waals surface area contributed by atoms with Crippen molar-refractivity contribution in [3.8, 4) is 0 Å². The van der Waals surface area contributed by atoms with E-state index in [1.807, 2.05) is 57.2 Å². The zero-order valence-electron chi connectivity index (χ0n) is 11.6. The molecule has 2 atom stereocenters. The fourth-order valence-electron chi connectivity index (χ4n) is 1.28. The zero-order chi connectivity index (χ0) is 15.4. The minimum absolute atomic E-state index is 0.436. The highest BCUT2D eigenvalue weighted by Gasteiger charge is 2.34. The van der Waals surface area contributed by atoms with Crippen molar-refractivity contribution in [2.75, 3.05) is 0 Å². The van der Waals surface area contributed by atoms with Gasteiger partial charge >= 0.3 is 0 Å². The molecule has 1 aromatic rings. The molecule has 0 aliphatic carbocycles. The summed E-state index contributed by atoms with van der Waals surface area (Å²) in [5.41, 5.74) is 0.982. The van der Waals surface area contributed by atoms with Crippen molar-refractivity contribution in [1.82, 2.24) is 4.72 Å². The highest BCUT2D eigenvalue weighted by molar-refractivity contribution is 7.84. The van der Waals surface area contributed by atoms with Crippen LogP contribution in [0, 0.1) is 0 Å². The number of nitrogens with one attached hydrogen (secondary N) is 1. The lowest BCUT2D eigenvalue weighted by Gasteiger charge is -2.26. The average Bonchev–Trinajstić information content (AvgIpc) is 2.32. The topological polar surface area (TPSA) is 29.1 Å². The molecule has 1 rings (SSSR count). The second kappa shape index (κ2) is 7.28. The molecule has 0 spiro atoms. The number of rotatable bonds is 4. The van der Waals surface area contributed by atoms with Crippen molar-refractivity contribution in [3.63, 3.8) is 0 Å². The molecular weight excluding hydrogens is 337 g/mol. The molecule has 1 aromatic carbocycles. The van der Waals surface area contributed by atoms with Gasteiger partial charge in [0.2, 0.25) is 3.79 Å². The van der Waals surface area contributed by atoms with Crippen molar-refractivity contribution >= 4 is 51.9 Å². The van der Waals surface area contributed by atoms with Crippen LogP contribution in [0.2, 0.25) is 0 Å². The van der Waals surface area contributed by atoms with Gasteiger partial charge in [-0.25, -0.2) is 8.93 Å². The van der Waals surface area contributed by atoms with Gasteiger partial charge < -0.3 is 0 Å². The van der Waals surface area contributed by atoms with Gasteiger partial charge in [-0.2, -0.15) is 0 Å². The molecule has 0 heterocycles. The smallest absolute Gasteiger partial charge is 0.210 e. The van der Waals surface area contributed by atoms with Crippen LogP contribution in [0.5, 0.6) is 0 Å². The van der Waals surface area contributed by atoms with Crippen molar-refractivity contribution in [3.05, 3.63) is 42.0 Å². The van der Waals surface area contributed by atoms with E-state index in [4.69, 9.17) is 34.8 Å². The van der Waals surface area contributed by atoms with Gasteiger partial charge in [0.25, 0.3) is 0 Å².